The van der Waals surface area contributed by atoms with Crippen molar-refractivity contribution in [3.8, 4) is 0 Å². The van der Waals surface area contributed by atoms with E-state index in [1.165, 1.54) is 18.2 Å². The first-order valence-corrected chi connectivity index (χ1v) is 7.63. The van der Waals surface area contributed by atoms with Gasteiger partial charge in [0.1, 0.15) is 0 Å². The van der Waals surface area contributed by atoms with Gasteiger partial charge in [0, 0.05) is 48.4 Å². The predicted molar refractivity (Wildman–Crippen MR) is 87.8 cm³/mol. The molecule has 0 atom stereocenters. The van der Waals surface area contributed by atoms with Gasteiger partial charge in [0.05, 0.1) is 4.92 Å². The molecule has 0 radical (unpaired) electrons. The second kappa shape index (κ2) is 7.23. The quantitative estimate of drug-likeness (QED) is 0.641. The average molecular weight is 318 g/mol. The number of aryl methyl sites for hydroxylation is 1. The third-order valence-electron chi connectivity index (χ3n) is 3.96. The van der Waals surface area contributed by atoms with Crippen molar-refractivity contribution < 1.29 is 9.72 Å². The van der Waals surface area contributed by atoms with Crippen LogP contribution in [0.25, 0.3) is 0 Å². The Morgan fingerprint density at radius 3 is 2.65 bits per heavy atom. The molecule has 0 spiro atoms. The SMILES string of the molecule is Cc1cc(C(=O)NNC2=CCN(C(C)C)CC2)ccc1[N+](=O)[O-]. The van der Waals surface area contributed by atoms with E-state index in [0.29, 0.717) is 17.2 Å². The predicted octanol–water partition coefficient (Wildman–Crippen LogP) is 2.14. The average Bonchev–Trinajstić information content (AvgIpc) is 2.52. The maximum atomic E-state index is 12.1. The molecule has 0 unspecified atom stereocenters. The maximum absolute atomic E-state index is 12.1. The molecule has 0 saturated carbocycles. The Morgan fingerprint density at radius 2 is 2.13 bits per heavy atom. The van der Waals surface area contributed by atoms with Gasteiger partial charge in [-0.25, -0.2) is 0 Å². The minimum absolute atomic E-state index is 0.0123. The molecule has 23 heavy (non-hydrogen) atoms. The normalized spacial score (nSPS) is 15.2. The number of carbonyl (C=O) groups excluding carboxylic acids is 1. The topological polar surface area (TPSA) is 87.5 Å². The van der Waals surface area contributed by atoms with Gasteiger partial charge in [-0.15, -0.1) is 0 Å². The van der Waals surface area contributed by atoms with E-state index in [-0.39, 0.29) is 11.6 Å². The molecule has 0 bridgehead atoms. The molecular weight excluding hydrogens is 296 g/mol. The lowest BCUT2D eigenvalue weighted by molar-refractivity contribution is -0.385. The van der Waals surface area contributed by atoms with Gasteiger partial charge in [0.25, 0.3) is 11.6 Å². The number of amides is 1. The van der Waals surface area contributed by atoms with Gasteiger partial charge in [-0.2, -0.15) is 0 Å². The van der Waals surface area contributed by atoms with Crippen molar-refractivity contribution in [2.24, 2.45) is 0 Å². The summed E-state index contributed by atoms with van der Waals surface area (Å²) in [6.45, 7) is 7.73. The highest BCUT2D eigenvalue weighted by Gasteiger charge is 2.16. The van der Waals surface area contributed by atoms with E-state index in [4.69, 9.17) is 0 Å². The van der Waals surface area contributed by atoms with Crippen LogP contribution in [0.15, 0.2) is 30.0 Å². The van der Waals surface area contributed by atoms with Crippen molar-refractivity contribution in [3.63, 3.8) is 0 Å². The Morgan fingerprint density at radius 1 is 1.39 bits per heavy atom. The number of nitro benzene ring substituents is 1. The number of benzene rings is 1. The molecule has 0 saturated heterocycles. The lowest BCUT2D eigenvalue weighted by atomic mass is 10.1. The molecule has 1 aliphatic heterocycles. The zero-order valence-corrected chi connectivity index (χ0v) is 13.6. The fraction of sp³-hybridized carbons (Fsp3) is 0.438. The van der Waals surface area contributed by atoms with E-state index in [9.17, 15) is 14.9 Å². The molecule has 0 aliphatic carbocycles. The van der Waals surface area contributed by atoms with Crippen LogP contribution in [0.5, 0.6) is 0 Å². The van der Waals surface area contributed by atoms with Gasteiger partial charge in [-0.1, -0.05) is 0 Å². The van der Waals surface area contributed by atoms with Crippen molar-refractivity contribution in [3.05, 3.63) is 51.2 Å². The second-order valence-electron chi connectivity index (χ2n) is 5.91. The summed E-state index contributed by atoms with van der Waals surface area (Å²) < 4.78 is 0. The number of hydrogen-bond donors (Lipinski definition) is 2. The summed E-state index contributed by atoms with van der Waals surface area (Å²) in [6, 6.07) is 4.83. The molecule has 2 rings (SSSR count). The van der Waals surface area contributed by atoms with Gasteiger partial charge in [-0.3, -0.25) is 25.2 Å². The molecule has 7 heteroatoms. The van der Waals surface area contributed by atoms with Gasteiger partial charge in [0.2, 0.25) is 0 Å². The van der Waals surface area contributed by atoms with E-state index in [1.54, 1.807) is 6.92 Å². The molecule has 1 aromatic carbocycles. The van der Waals surface area contributed by atoms with Crippen LogP contribution in [0.4, 0.5) is 5.69 Å². The van der Waals surface area contributed by atoms with E-state index < -0.39 is 4.92 Å². The molecule has 1 aliphatic rings. The van der Waals surface area contributed by atoms with Gasteiger partial charge >= 0.3 is 0 Å². The van der Waals surface area contributed by atoms with Crippen LogP contribution in [0, 0.1) is 17.0 Å². The van der Waals surface area contributed by atoms with E-state index in [0.717, 1.165) is 25.2 Å². The van der Waals surface area contributed by atoms with Gasteiger partial charge in [-0.05, 0) is 39.0 Å². The molecule has 0 fully saturated rings. The second-order valence-corrected chi connectivity index (χ2v) is 5.91. The van der Waals surface area contributed by atoms with Crippen LogP contribution >= 0.6 is 0 Å². The van der Waals surface area contributed by atoms with Crippen LogP contribution in [0.1, 0.15) is 36.2 Å². The zero-order chi connectivity index (χ0) is 17.0. The van der Waals surface area contributed by atoms with E-state index >= 15 is 0 Å². The highest BCUT2D eigenvalue weighted by Crippen LogP contribution is 2.18. The largest absolute Gasteiger partial charge is 0.303 e. The molecule has 0 aromatic heterocycles. The van der Waals surface area contributed by atoms with Crippen molar-refractivity contribution in [1.82, 2.24) is 15.8 Å². The summed E-state index contributed by atoms with van der Waals surface area (Å²) in [7, 11) is 0. The lowest BCUT2D eigenvalue weighted by Crippen LogP contribution is -2.41. The smallest absolute Gasteiger partial charge is 0.272 e. The summed E-state index contributed by atoms with van der Waals surface area (Å²) in [4.78, 5) is 24.8. The van der Waals surface area contributed by atoms with Crippen LogP contribution in [0.3, 0.4) is 0 Å². The van der Waals surface area contributed by atoms with E-state index in [2.05, 4.69) is 35.7 Å². The number of nitrogens with one attached hydrogen (secondary N) is 2. The van der Waals surface area contributed by atoms with Gasteiger partial charge in [0.15, 0.2) is 0 Å². The highest BCUT2D eigenvalue weighted by molar-refractivity contribution is 5.94. The van der Waals surface area contributed by atoms with E-state index in [1.807, 2.05) is 0 Å². The van der Waals surface area contributed by atoms with Gasteiger partial charge < -0.3 is 5.43 Å². The maximum Gasteiger partial charge on any atom is 0.272 e. The molecule has 2 N–H and O–H groups in total. The lowest BCUT2D eigenvalue weighted by Gasteiger charge is -2.29. The molecular formula is C16H22N4O3. The summed E-state index contributed by atoms with van der Waals surface area (Å²) >= 11 is 0. The van der Waals surface area contributed by atoms with Crippen LogP contribution in [-0.2, 0) is 0 Å². The third kappa shape index (κ3) is 4.29. The van der Waals surface area contributed by atoms with Crippen molar-refractivity contribution >= 4 is 11.6 Å². The van der Waals surface area contributed by atoms with Crippen molar-refractivity contribution in [1.29, 1.82) is 0 Å². The molecule has 1 heterocycles. The Kier molecular flexibility index (Phi) is 5.33. The Labute approximate surface area is 135 Å². The fourth-order valence-electron chi connectivity index (χ4n) is 2.48. The summed E-state index contributed by atoms with van der Waals surface area (Å²) in [5.41, 5.74) is 7.43. The van der Waals surface area contributed by atoms with Crippen LogP contribution < -0.4 is 10.9 Å². The fourth-order valence-corrected chi connectivity index (χ4v) is 2.48. The first kappa shape index (κ1) is 17.0. The first-order valence-electron chi connectivity index (χ1n) is 7.63. The Hall–Kier alpha value is -2.41. The number of carbonyl (C=O) groups is 1. The monoisotopic (exact) mass is 318 g/mol. The molecule has 124 valence electrons. The Balaban J connectivity index is 1.93. The number of hydrogen-bond acceptors (Lipinski definition) is 5. The Bertz CT molecular complexity index is 640. The number of rotatable bonds is 5. The standard InChI is InChI=1S/C16H22N4O3/c1-11(2)19-8-6-14(7-9-19)17-18-16(21)13-4-5-15(20(22)23)12(3)10-13/h4-6,10-11,17H,7-9H2,1-3H3,(H,18,21). The van der Waals surface area contributed by atoms with Crippen LogP contribution in [0.2, 0.25) is 0 Å². The number of nitrogens with zero attached hydrogens (tertiary/aromatic N) is 2. The molecule has 7 nitrogen and oxygen atoms in total. The summed E-state index contributed by atoms with van der Waals surface area (Å²) in [6.07, 6.45) is 2.91. The number of nitro groups is 1. The first-order chi connectivity index (χ1) is 10.9. The third-order valence-corrected chi connectivity index (χ3v) is 3.96. The zero-order valence-electron chi connectivity index (χ0n) is 13.6. The van der Waals surface area contributed by atoms with Crippen molar-refractivity contribution in [2.45, 2.75) is 33.2 Å². The van der Waals surface area contributed by atoms with Crippen LogP contribution in [-0.4, -0.2) is 34.9 Å². The highest BCUT2D eigenvalue weighted by atomic mass is 16.6. The minimum Gasteiger partial charge on any atom is -0.303 e. The molecule has 1 aromatic rings. The minimum atomic E-state index is -0.456. The summed E-state index contributed by atoms with van der Waals surface area (Å²) in [5, 5.41) is 10.8. The number of hydrazine groups is 1. The molecule has 1 amide bonds. The van der Waals surface area contributed by atoms with Crippen molar-refractivity contribution in [2.75, 3.05) is 13.1 Å². The summed E-state index contributed by atoms with van der Waals surface area (Å²) in [5.74, 6) is -0.310.